The molecule has 5 heteroatoms. The molecule has 0 saturated heterocycles. The molecular formula is C14H22N2O3. The van der Waals surface area contributed by atoms with E-state index in [1.165, 1.54) is 0 Å². The van der Waals surface area contributed by atoms with Gasteiger partial charge in [-0.15, -0.1) is 0 Å². The minimum atomic E-state index is -0.0867. The van der Waals surface area contributed by atoms with E-state index in [2.05, 4.69) is 0 Å². The number of carbonyl (C=O) groups is 1. The Morgan fingerprint density at radius 1 is 1.21 bits per heavy atom. The Morgan fingerprint density at radius 3 is 2.32 bits per heavy atom. The fourth-order valence-electron chi connectivity index (χ4n) is 1.72. The molecule has 0 atom stereocenters. The van der Waals surface area contributed by atoms with Crippen LogP contribution in [0.1, 0.15) is 10.4 Å². The summed E-state index contributed by atoms with van der Waals surface area (Å²) in [6, 6.07) is 7.41. The first kappa shape index (κ1) is 15.5. The first-order valence-corrected chi connectivity index (χ1v) is 6.26. The van der Waals surface area contributed by atoms with Crippen LogP contribution in [0.3, 0.4) is 0 Å². The molecule has 0 unspecified atom stereocenters. The lowest BCUT2D eigenvalue weighted by molar-refractivity contribution is 0.0656. The second-order valence-electron chi connectivity index (χ2n) is 4.45. The Labute approximate surface area is 114 Å². The second-order valence-corrected chi connectivity index (χ2v) is 4.45. The third kappa shape index (κ3) is 4.54. The van der Waals surface area contributed by atoms with Gasteiger partial charge in [-0.3, -0.25) is 4.79 Å². The van der Waals surface area contributed by atoms with Crippen molar-refractivity contribution in [3.8, 4) is 0 Å². The van der Waals surface area contributed by atoms with E-state index < -0.39 is 0 Å². The van der Waals surface area contributed by atoms with Gasteiger partial charge in [-0.2, -0.15) is 0 Å². The van der Waals surface area contributed by atoms with Crippen LogP contribution in [-0.4, -0.2) is 63.4 Å². The van der Waals surface area contributed by atoms with Crippen molar-refractivity contribution in [1.82, 2.24) is 4.90 Å². The number of anilines is 1. The number of methoxy groups -OCH3 is 1. The van der Waals surface area contributed by atoms with Crippen molar-refractivity contribution in [1.29, 1.82) is 0 Å². The second kappa shape index (κ2) is 7.76. The molecule has 1 aromatic rings. The van der Waals surface area contributed by atoms with Gasteiger partial charge < -0.3 is 19.6 Å². The maximum absolute atomic E-state index is 12.3. The zero-order valence-corrected chi connectivity index (χ0v) is 11.8. The molecule has 0 radical (unpaired) electrons. The van der Waals surface area contributed by atoms with Crippen LogP contribution in [0.15, 0.2) is 24.3 Å². The van der Waals surface area contributed by atoms with Crippen molar-refractivity contribution in [2.45, 2.75) is 0 Å². The molecule has 0 aliphatic carbocycles. The predicted molar refractivity (Wildman–Crippen MR) is 75.6 cm³/mol. The average molecular weight is 266 g/mol. The fraction of sp³-hybridized carbons (Fsp3) is 0.500. The number of carbonyl (C=O) groups excluding carboxylic acids is 1. The van der Waals surface area contributed by atoms with Crippen LogP contribution < -0.4 is 4.90 Å². The van der Waals surface area contributed by atoms with Gasteiger partial charge in [-0.25, -0.2) is 0 Å². The van der Waals surface area contributed by atoms with E-state index in [0.717, 1.165) is 5.69 Å². The Morgan fingerprint density at radius 2 is 1.84 bits per heavy atom. The topological polar surface area (TPSA) is 53.0 Å². The molecule has 5 nitrogen and oxygen atoms in total. The normalized spacial score (nSPS) is 10.3. The number of hydrogen-bond acceptors (Lipinski definition) is 4. The SMILES string of the molecule is COCCN(CCO)C(=O)c1ccc(N(C)C)cc1. The van der Waals surface area contributed by atoms with Crippen LogP contribution >= 0.6 is 0 Å². The predicted octanol–water partition coefficient (Wildman–Crippen LogP) is 0.833. The summed E-state index contributed by atoms with van der Waals surface area (Å²) in [6.07, 6.45) is 0. The number of hydrogen-bond donors (Lipinski definition) is 1. The van der Waals surface area contributed by atoms with Crippen LogP contribution in [0.25, 0.3) is 0 Å². The molecule has 1 rings (SSSR count). The summed E-state index contributed by atoms with van der Waals surface area (Å²) in [5, 5.41) is 9.01. The molecule has 0 aliphatic heterocycles. The number of ether oxygens (including phenoxy) is 1. The molecule has 0 heterocycles. The highest BCUT2D eigenvalue weighted by atomic mass is 16.5. The smallest absolute Gasteiger partial charge is 0.254 e. The summed E-state index contributed by atoms with van der Waals surface area (Å²) in [5.74, 6) is -0.0867. The first-order valence-electron chi connectivity index (χ1n) is 6.26. The molecule has 19 heavy (non-hydrogen) atoms. The maximum atomic E-state index is 12.3. The molecule has 0 aromatic heterocycles. The van der Waals surface area contributed by atoms with Crippen molar-refractivity contribution < 1.29 is 14.6 Å². The lowest BCUT2D eigenvalue weighted by Crippen LogP contribution is -2.36. The van der Waals surface area contributed by atoms with Crippen LogP contribution in [0.5, 0.6) is 0 Å². The molecule has 1 aromatic carbocycles. The van der Waals surface area contributed by atoms with Gasteiger partial charge in [0.1, 0.15) is 0 Å². The van der Waals surface area contributed by atoms with E-state index in [0.29, 0.717) is 25.3 Å². The lowest BCUT2D eigenvalue weighted by atomic mass is 10.1. The molecule has 1 N–H and O–H groups in total. The molecular weight excluding hydrogens is 244 g/mol. The van der Waals surface area contributed by atoms with Crippen molar-refractivity contribution in [2.24, 2.45) is 0 Å². The van der Waals surface area contributed by atoms with Gasteiger partial charge in [0.05, 0.1) is 13.2 Å². The van der Waals surface area contributed by atoms with Gasteiger partial charge in [0, 0.05) is 45.5 Å². The van der Waals surface area contributed by atoms with Gasteiger partial charge in [0.15, 0.2) is 0 Å². The summed E-state index contributed by atoms with van der Waals surface area (Å²) in [7, 11) is 5.49. The summed E-state index contributed by atoms with van der Waals surface area (Å²) >= 11 is 0. The molecule has 1 amide bonds. The molecule has 0 bridgehead atoms. The highest BCUT2D eigenvalue weighted by Gasteiger charge is 2.14. The standard InChI is InChI=1S/C14H22N2O3/c1-15(2)13-6-4-12(5-7-13)14(18)16(8-10-17)9-11-19-3/h4-7,17H,8-11H2,1-3H3. The van der Waals surface area contributed by atoms with E-state index in [-0.39, 0.29) is 12.5 Å². The highest BCUT2D eigenvalue weighted by molar-refractivity contribution is 5.94. The quantitative estimate of drug-likeness (QED) is 0.794. The van der Waals surface area contributed by atoms with Crippen LogP contribution in [0, 0.1) is 0 Å². The van der Waals surface area contributed by atoms with E-state index in [4.69, 9.17) is 9.84 Å². The van der Waals surface area contributed by atoms with Gasteiger partial charge in [0.2, 0.25) is 0 Å². The monoisotopic (exact) mass is 266 g/mol. The third-order valence-electron chi connectivity index (χ3n) is 2.85. The molecule has 0 aliphatic rings. The number of amides is 1. The number of benzene rings is 1. The Hall–Kier alpha value is -1.59. The number of rotatable bonds is 7. The Kier molecular flexibility index (Phi) is 6.32. The Balaban J connectivity index is 2.77. The molecule has 0 fully saturated rings. The van der Waals surface area contributed by atoms with Crippen molar-refractivity contribution >= 4 is 11.6 Å². The minimum Gasteiger partial charge on any atom is -0.395 e. The maximum Gasteiger partial charge on any atom is 0.254 e. The van der Waals surface area contributed by atoms with Gasteiger partial charge >= 0.3 is 0 Å². The number of aliphatic hydroxyl groups is 1. The van der Waals surface area contributed by atoms with Crippen molar-refractivity contribution in [2.75, 3.05) is 52.4 Å². The lowest BCUT2D eigenvalue weighted by Gasteiger charge is -2.21. The minimum absolute atomic E-state index is 0.0504. The number of nitrogens with zero attached hydrogens (tertiary/aromatic N) is 2. The average Bonchev–Trinajstić information content (AvgIpc) is 2.42. The summed E-state index contributed by atoms with van der Waals surface area (Å²) < 4.78 is 4.97. The largest absolute Gasteiger partial charge is 0.395 e. The molecule has 0 spiro atoms. The van der Waals surface area contributed by atoms with E-state index in [9.17, 15) is 4.79 Å². The first-order chi connectivity index (χ1) is 9.10. The van der Waals surface area contributed by atoms with Crippen LogP contribution in [-0.2, 0) is 4.74 Å². The van der Waals surface area contributed by atoms with Crippen LogP contribution in [0.4, 0.5) is 5.69 Å². The van der Waals surface area contributed by atoms with E-state index in [1.54, 1.807) is 24.1 Å². The van der Waals surface area contributed by atoms with Gasteiger partial charge in [0.25, 0.3) is 5.91 Å². The van der Waals surface area contributed by atoms with E-state index >= 15 is 0 Å². The third-order valence-corrected chi connectivity index (χ3v) is 2.85. The Bertz CT molecular complexity index is 390. The van der Waals surface area contributed by atoms with Crippen LogP contribution in [0.2, 0.25) is 0 Å². The zero-order chi connectivity index (χ0) is 14.3. The summed E-state index contributed by atoms with van der Waals surface area (Å²) in [6.45, 7) is 1.20. The van der Waals surface area contributed by atoms with Crippen molar-refractivity contribution in [3.05, 3.63) is 29.8 Å². The number of aliphatic hydroxyl groups excluding tert-OH is 1. The highest BCUT2D eigenvalue weighted by Crippen LogP contribution is 2.13. The molecule has 0 saturated carbocycles. The zero-order valence-electron chi connectivity index (χ0n) is 11.8. The summed E-state index contributed by atoms with van der Waals surface area (Å²) in [5.41, 5.74) is 1.66. The fourth-order valence-corrected chi connectivity index (χ4v) is 1.72. The summed E-state index contributed by atoms with van der Waals surface area (Å²) in [4.78, 5) is 15.8. The van der Waals surface area contributed by atoms with Crippen molar-refractivity contribution in [3.63, 3.8) is 0 Å². The molecule has 106 valence electrons. The van der Waals surface area contributed by atoms with E-state index in [1.807, 2.05) is 31.1 Å². The van der Waals surface area contributed by atoms with Gasteiger partial charge in [-0.1, -0.05) is 0 Å². The van der Waals surface area contributed by atoms with Gasteiger partial charge in [-0.05, 0) is 24.3 Å².